The predicted molar refractivity (Wildman–Crippen MR) is 77.5 cm³/mol. The molecule has 2 heteroatoms. The number of unbranched alkanes of at least 4 members (excludes halogenated alkanes) is 2. The normalized spacial score (nSPS) is 10.9. The van der Waals surface area contributed by atoms with Crippen molar-refractivity contribution in [3.63, 3.8) is 0 Å². The summed E-state index contributed by atoms with van der Waals surface area (Å²) in [6.07, 6.45) is 5.60. The molecule has 1 aromatic rings. The third-order valence-electron chi connectivity index (χ3n) is 2.62. The van der Waals surface area contributed by atoms with Crippen LogP contribution in [0.1, 0.15) is 39.5 Å². The van der Waals surface area contributed by atoms with Crippen LogP contribution in [0.25, 0.3) is 0 Å². The van der Waals surface area contributed by atoms with Crippen LogP contribution in [0.3, 0.4) is 0 Å². The minimum atomic E-state index is -0.859. The van der Waals surface area contributed by atoms with Gasteiger partial charge in [-0.2, -0.15) is 0 Å². The van der Waals surface area contributed by atoms with Crippen LogP contribution in [0.5, 0.6) is 0 Å². The molecule has 0 aliphatic heterocycles. The van der Waals surface area contributed by atoms with E-state index in [4.69, 9.17) is 0 Å². The zero-order chi connectivity index (χ0) is 11.6. The molecule has 0 atom stereocenters. The molecule has 89 valence electrons. The van der Waals surface area contributed by atoms with Gasteiger partial charge in [-0.3, -0.25) is 0 Å². The van der Waals surface area contributed by atoms with Gasteiger partial charge in [-0.1, -0.05) is 0 Å². The van der Waals surface area contributed by atoms with E-state index in [1.165, 1.54) is 41.1 Å². The Kier molecular flexibility index (Phi) is 8.13. The van der Waals surface area contributed by atoms with Gasteiger partial charge in [0.2, 0.25) is 0 Å². The van der Waals surface area contributed by atoms with Crippen LogP contribution in [-0.2, 0) is 0 Å². The molecule has 0 saturated heterocycles. The summed E-state index contributed by atoms with van der Waals surface area (Å²) in [5, 5.41) is 3.08. The van der Waals surface area contributed by atoms with Gasteiger partial charge in [-0.15, -0.1) is 0 Å². The Morgan fingerprint density at radius 3 is 2.00 bits per heavy atom. The molecule has 1 rings (SSSR count). The van der Waals surface area contributed by atoms with Crippen molar-refractivity contribution < 1.29 is 0 Å². The van der Waals surface area contributed by atoms with Crippen LogP contribution in [0.4, 0.5) is 0 Å². The van der Waals surface area contributed by atoms with Crippen LogP contribution in [0.15, 0.2) is 35.2 Å². The van der Waals surface area contributed by atoms with Gasteiger partial charge in [0.05, 0.1) is 0 Å². The van der Waals surface area contributed by atoms with Crippen LogP contribution >= 0.6 is 10.1 Å². The molecule has 0 bridgehead atoms. The van der Waals surface area contributed by atoms with Gasteiger partial charge in [0.1, 0.15) is 0 Å². The topological polar surface area (TPSA) is 0 Å². The minimum absolute atomic E-state index is 0.859. The van der Waals surface area contributed by atoms with Crippen molar-refractivity contribution in [2.75, 3.05) is 0 Å². The average molecular weight is 296 g/mol. The summed E-state index contributed by atoms with van der Waals surface area (Å²) in [5.74, 6) is 0. The fourth-order valence-electron chi connectivity index (χ4n) is 1.63. The van der Waals surface area contributed by atoms with E-state index in [0.29, 0.717) is 0 Å². The van der Waals surface area contributed by atoms with Crippen molar-refractivity contribution >= 4 is 23.3 Å². The first-order valence-corrected chi connectivity index (χ1v) is 12.8. The Morgan fingerprint density at radius 2 is 1.50 bits per heavy atom. The number of rotatable bonds is 8. The molecule has 0 N–H and O–H groups in total. The Bertz CT molecular complexity index is 253. The van der Waals surface area contributed by atoms with Gasteiger partial charge >= 0.3 is 109 Å². The van der Waals surface area contributed by atoms with Gasteiger partial charge in [-0.25, -0.2) is 0 Å². The van der Waals surface area contributed by atoms with E-state index in [2.05, 4.69) is 54.3 Å². The van der Waals surface area contributed by atoms with E-state index in [9.17, 15) is 0 Å². The maximum atomic E-state index is 2.31. The molecule has 0 spiro atoms. The molecule has 0 aliphatic rings. The average Bonchev–Trinajstić information content (AvgIpc) is 2.34. The SMILES string of the molecule is CCC[CH2][Ge]([CH2]CCC)[S]c1ccccc1. The molecular weight excluding hydrogens is 273 g/mol. The molecule has 0 fully saturated rings. The Hall–Kier alpha value is 0.113. The van der Waals surface area contributed by atoms with Crippen LogP contribution in [-0.4, -0.2) is 13.2 Å². The molecule has 0 unspecified atom stereocenters. The molecule has 0 aliphatic carbocycles. The van der Waals surface area contributed by atoms with E-state index in [0.717, 1.165) is 0 Å². The van der Waals surface area contributed by atoms with Crippen molar-refractivity contribution in [1.82, 2.24) is 0 Å². The van der Waals surface area contributed by atoms with E-state index >= 15 is 0 Å². The van der Waals surface area contributed by atoms with E-state index in [1.807, 2.05) is 0 Å². The molecular formula is C14H23GeS. The van der Waals surface area contributed by atoms with E-state index in [1.54, 1.807) is 0 Å². The number of hydrogen-bond donors (Lipinski definition) is 0. The molecule has 1 radical (unpaired) electrons. The molecule has 0 saturated carbocycles. The van der Waals surface area contributed by atoms with Crippen LogP contribution in [0, 0.1) is 0 Å². The molecule has 0 amide bonds. The Labute approximate surface area is 108 Å². The van der Waals surface area contributed by atoms with Crippen molar-refractivity contribution in [2.45, 2.75) is 54.9 Å². The van der Waals surface area contributed by atoms with E-state index in [-0.39, 0.29) is 0 Å². The fraction of sp³-hybridized carbons (Fsp3) is 0.571. The van der Waals surface area contributed by atoms with Gasteiger partial charge in [0.25, 0.3) is 0 Å². The molecule has 0 heterocycles. The van der Waals surface area contributed by atoms with Crippen LogP contribution < -0.4 is 0 Å². The monoisotopic (exact) mass is 297 g/mol. The summed E-state index contributed by atoms with van der Waals surface area (Å²) in [4.78, 5) is 1.50. The molecule has 0 aromatic heterocycles. The Morgan fingerprint density at radius 1 is 0.938 bits per heavy atom. The van der Waals surface area contributed by atoms with Gasteiger partial charge < -0.3 is 0 Å². The molecule has 0 nitrogen and oxygen atoms in total. The first-order valence-electron chi connectivity index (χ1n) is 6.44. The van der Waals surface area contributed by atoms with Gasteiger partial charge in [0, 0.05) is 0 Å². The summed E-state index contributed by atoms with van der Waals surface area (Å²) in [5.41, 5.74) is 0. The van der Waals surface area contributed by atoms with Crippen molar-refractivity contribution in [3.8, 4) is 0 Å². The summed E-state index contributed by atoms with van der Waals surface area (Å²) >= 11 is -0.859. The summed E-state index contributed by atoms with van der Waals surface area (Å²) in [7, 11) is 2.24. The van der Waals surface area contributed by atoms with E-state index < -0.39 is 13.2 Å². The second-order valence-corrected chi connectivity index (χ2v) is 13.5. The van der Waals surface area contributed by atoms with Crippen molar-refractivity contribution in [1.29, 1.82) is 0 Å². The van der Waals surface area contributed by atoms with Gasteiger partial charge in [0.15, 0.2) is 0 Å². The summed E-state index contributed by atoms with van der Waals surface area (Å²) in [6.45, 7) is 4.62. The summed E-state index contributed by atoms with van der Waals surface area (Å²) < 4.78 is 0. The maximum absolute atomic E-state index is 2.31. The summed E-state index contributed by atoms with van der Waals surface area (Å²) in [6, 6.07) is 11.0. The second kappa shape index (κ2) is 9.17. The van der Waals surface area contributed by atoms with Gasteiger partial charge in [-0.05, 0) is 0 Å². The number of benzene rings is 1. The third-order valence-corrected chi connectivity index (χ3v) is 12.7. The third kappa shape index (κ3) is 6.00. The second-order valence-electron chi connectivity index (χ2n) is 4.16. The number of hydrogen-bond acceptors (Lipinski definition) is 1. The van der Waals surface area contributed by atoms with Crippen molar-refractivity contribution in [3.05, 3.63) is 30.3 Å². The molecule has 16 heavy (non-hydrogen) atoms. The predicted octanol–water partition coefficient (Wildman–Crippen LogP) is 5.37. The first kappa shape index (κ1) is 14.2. The molecule has 1 aromatic carbocycles. The zero-order valence-corrected chi connectivity index (χ0v) is 13.5. The Balaban J connectivity index is 2.42. The first-order chi connectivity index (χ1) is 7.86. The standard InChI is InChI=1S/C14H23GeS/c1-3-5-12-15(13-6-4-2)16-14-10-8-7-9-11-14/h7-11H,3-6,12-13H2,1-2H3. The quantitative estimate of drug-likeness (QED) is 0.581. The fourth-order valence-corrected chi connectivity index (χ4v) is 11.9. The van der Waals surface area contributed by atoms with Crippen molar-refractivity contribution in [2.24, 2.45) is 0 Å². The zero-order valence-electron chi connectivity index (χ0n) is 10.5. The van der Waals surface area contributed by atoms with Crippen LogP contribution in [0.2, 0.25) is 10.5 Å².